The topological polar surface area (TPSA) is 20.2 Å². The van der Waals surface area contributed by atoms with Crippen molar-refractivity contribution in [2.24, 2.45) is 5.92 Å². The van der Waals surface area contributed by atoms with E-state index < -0.39 is 0 Å². The van der Waals surface area contributed by atoms with E-state index in [1.54, 1.807) is 0 Å². The predicted molar refractivity (Wildman–Crippen MR) is 42.7 cm³/mol. The molecule has 0 aromatic carbocycles. The molecule has 0 radical (unpaired) electrons. The van der Waals surface area contributed by atoms with Crippen LogP contribution in [0.3, 0.4) is 0 Å². The Labute approximate surface area is 62.1 Å². The maximum absolute atomic E-state index is 8.60. The Balaban J connectivity index is 2.51. The van der Waals surface area contributed by atoms with Crippen LogP contribution in [0.25, 0.3) is 0 Å². The highest BCUT2D eigenvalue weighted by Gasteiger charge is 2.23. The number of rotatable bonds is 2. The zero-order valence-electron chi connectivity index (χ0n) is 6.43. The Hall–Kier alpha value is -0.560. The van der Waals surface area contributed by atoms with E-state index in [2.05, 4.69) is 13.5 Å². The van der Waals surface area contributed by atoms with E-state index in [9.17, 15) is 0 Å². The van der Waals surface area contributed by atoms with Gasteiger partial charge in [0.2, 0.25) is 0 Å². The van der Waals surface area contributed by atoms with Crippen molar-refractivity contribution >= 4 is 0 Å². The quantitative estimate of drug-likeness (QED) is 0.578. The van der Waals surface area contributed by atoms with E-state index >= 15 is 0 Å². The van der Waals surface area contributed by atoms with Crippen LogP contribution in [-0.2, 0) is 0 Å². The zero-order valence-corrected chi connectivity index (χ0v) is 6.43. The Bertz CT molecular complexity index is 168. The van der Waals surface area contributed by atoms with Crippen LogP contribution in [0.15, 0.2) is 23.8 Å². The molecule has 1 atom stereocenters. The molecule has 1 aliphatic rings. The van der Waals surface area contributed by atoms with Gasteiger partial charge < -0.3 is 5.11 Å². The van der Waals surface area contributed by atoms with Crippen molar-refractivity contribution in [3.05, 3.63) is 23.8 Å². The van der Waals surface area contributed by atoms with Crippen molar-refractivity contribution < 1.29 is 5.11 Å². The average Bonchev–Trinajstić information content (AvgIpc) is 1.78. The van der Waals surface area contributed by atoms with Crippen LogP contribution in [0, 0.1) is 5.92 Å². The third-order valence-corrected chi connectivity index (χ3v) is 2.12. The lowest BCUT2D eigenvalue weighted by atomic mass is 9.75. The summed E-state index contributed by atoms with van der Waals surface area (Å²) in [5.41, 5.74) is 2.60. The van der Waals surface area contributed by atoms with Gasteiger partial charge in [0.15, 0.2) is 0 Å². The van der Waals surface area contributed by atoms with Gasteiger partial charge in [-0.2, -0.15) is 0 Å². The average molecular weight is 138 g/mol. The summed E-state index contributed by atoms with van der Waals surface area (Å²) >= 11 is 0. The highest BCUT2D eigenvalue weighted by molar-refractivity contribution is 5.24. The van der Waals surface area contributed by atoms with E-state index in [4.69, 9.17) is 5.11 Å². The smallest absolute Gasteiger partial charge is 0.0615 e. The highest BCUT2D eigenvalue weighted by Crippen LogP contribution is 2.37. The molecule has 10 heavy (non-hydrogen) atoms. The Morgan fingerprint density at radius 3 is 2.90 bits per heavy atom. The fraction of sp³-hybridized carbons (Fsp3) is 0.556. The molecule has 0 amide bonds. The van der Waals surface area contributed by atoms with Gasteiger partial charge in [-0.1, -0.05) is 23.8 Å². The molecule has 0 saturated heterocycles. The van der Waals surface area contributed by atoms with Crippen molar-refractivity contribution in [2.75, 3.05) is 6.61 Å². The minimum absolute atomic E-state index is 0.180. The minimum Gasteiger partial charge on any atom is -0.392 e. The molecule has 1 nitrogen and oxygen atoms in total. The van der Waals surface area contributed by atoms with Crippen LogP contribution in [0.5, 0.6) is 0 Å². The maximum atomic E-state index is 8.60. The normalized spacial score (nSPS) is 28.2. The molecule has 1 heteroatoms. The third kappa shape index (κ3) is 1.29. The molecule has 1 aliphatic carbocycles. The second kappa shape index (κ2) is 3.02. The number of hydrogen-bond acceptors (Lipinski definition) is 1. The van der Waals surface area contributed by atoms with Crippen molar-refractivity contribution in [1.29, 1.82) is 0 Å². The molecule has 0 aromatic rings. The summed E-state index contributed by atoms with van der Waals surface area (Å²) in [5.74, 6) is 0.576. The SMILES string of the molecule is C=C(C)[C@H]1CC/C1=C/CO. The van der Waals surface area contributed by atoms with Crippen molar-refractivity contribution in [3.8, 4) is 0 Å². The fourth-order valence-electron chi connectivity index (χ4n) is 1.38. The summed E-state index contributed by atoms with van der Waals surface area (Å²) in [4.78, 5) is 0. The van der Waals surface area contributed by atoms with Crippen molar-refractivity contribution in [2.45, 2.75) is 19.8 Å². The summed E-state index contributed by atoms with van der Waals surface area (Å²) < 4.78 is 0. The van der Waals surface area contributed by atoms with Gasteiger partial charge in [0.1, 0.15) is 0 Å². The molecule has 1 fully saturated rings. The summed E-state index contributed by atoms with van der Waals surface area (Å²) in [7, 11) is 0. The van der Waals surface area contributed by atoms with E-state index in [-0.39, 0.29) is 6.61 Å². The van der Waals surface area contributed by atoms with E-state index in [0.717, 1.165) is 6.42 Å². The van der Waals surface area contributed by atoms with Crippen LogP contribution < -0.4 is 0 Å². The molecule has 1 N–H and O–H groups in total. The minimum atomic E-state index is 0.180. The molecule has 0 heterocycles. The van der Waals surface area contributed by atoms with Crippen LogP contribution in [-0.4, -0.2) is 11.7 Å². The largest absolute Gasteiger partial charge is 0.392 e. The summed E-state index contributed by atoms with van der Waals surface area (Å²) in [6.45, 7) is 6.12. The van der Waals surface area contributed by atoms with E-state index in [1.165, 1.54) is 17.6 Å². The predicted octanol–water partition coefficient (Wildman–Crippen LogP) is 1.89. The first-order chi connectivity index (χ1) is 4.75. The fourth-order valence-corrected chi connectivity index (χ4v) is 1.38. The van der Waals surface area contributed by atoms with Gasteiger partial charge in [-0.3, -0.25) is 0 Å². The molecule has 0 aliphatic heterocycles. The van der Waals surface area contributed by atoms with Crippen molar-refractivity contribution in [3.63, 3.8) is 0 Å². The van der Waals surface area contributed by atoms with Gasteiger partial charge in [-0.25, -0.2) is 0 Å². The summed E-state index contributed by atoms with van der Waals surface area (Å²) in [6, 6.07) is 0. The summed E-state index contributed by atoms with van der Waals surface area (Å²) in [5, 5.41) is 8.60. The second-order valence-corrected chi connectivity index (χ2v) is 2.90. The molecule has 1 rings (SSSR count). The Morgan fingerprint density at radius 1 is 1.90 bits per heavy atom. The molecular weight excluding hydrogens is 124 g/mol. The van der Waals surface area contributed by atoms with E-state index in [1.807, 2.05) is 6.08 Å². The van der Waals surface area contributed by atoms with Gasteiger partial charge >= 0.3 is 0 Å². The Morgan fingerprint density at radius 2 is 2.60 bits per heavy atom. The molecular formula is C9H14O. The zero-order chi connectivity index (χ0) is 7.56. The lowest BCUT2D eigenvalue weighted by Crippen LogP contribution is -2.16. The third-order valence-electron chi connectivity index (χ3n) is 2.12. The lowest BCUT2D eigenvalue weighted by molar-refractivity contribution is 0.337. The standard InChI is InChI=1S/C9H14O/c1-7(2)9-4-3-8(9)5-6-10/h5,9-10H,1,3-4,6H2,2H3/b8-5-/t9-/m1/s1. The molecule has 1 saturated carbocycles. The number of hydrogen-bond donors (Lipinski definition) is 1. The highest BCUT2D eigenvalue weighted by atomic mass is 16.2. The Kier molecular flexibility index (Phi) is 2.28. The number of aliphatic hydroxyl groups is 1. The molecule has 0 unspecified atom stereocenters. The van der Waals surface area contributed by atoms with Gasteiger partial charge in [-0.15, -0.1) is 0 Å². The van der Waals surface area contributed by atoms with Gasteiger partial charge in [0, 0.05) is 5.92 Å². The summed E-state index contributed by atoms with van der Waals surface area (Å²) in [6.07, 6.45) is 4.28. The first-order valence-electron chi connectivity index (χ1n) is 3.71. The lowest BCUT2D eigenvalue weighted by Gasteiger charge is -2.30. The van der Waals surface area contributed by atoms with Crippen LogP contribution >= 0.6 is 0 Å². The molecule has 0 aromatic heterocycles. The van der Waals surface area contributed by atoms with Gasteiger partial charge in [0.05, 0.1) is 6.61 Å². The van der Waals surface area contributed by atoms with Crippen LogP contribution in [0.1, 0.15) is 19.8 Å². The van der Waals surface area contributed by atoms with Gasteiger partial charge in [-0.05, 0) is 19.8 Å². The molecule has 56 valence electrons. The number of allylic oxidation sites excluding steroid dienone is 2. The van der Waals surface area contributed by atoms with Crippen LogP contribution in [0.4, 0.5) is 0 Å². The maximum Gasteiger partial charge on any atom is 0.0615 e. The monoisotopic (exact) mass is 138 g/mol. The second-order valence-electron chi connectivity index (χ2n) is 2.90. The first-order valence-corrected chi connectivity index (χ1v) is 3.71. The van der Waals surface area contributed by atoms with Crippen molar-refractivity contribution in [1.82, 2.24) is 0 Å². The van der Waals surface area contributed by atoms with Gasteiger partial charge in [0.25, 0.3) is 0 Å². The van der Waals surface area contributed by atoms with E-state index in [0.29, 0.717) is 5.92 Å². The first kappa shape index (κ1) is 7.55. The van der Waals surface area contributed by atoms with Crippen LogP contribution in [0.2, 0.25) is 0 Å². The number of aliphatic hydroxyl groups excluding tert-OH is 1. The molecule has 0 bridgehead atoms. The molecule has 0 spiro atoms.